The highest BCUT2D eigenvalue weighted by molar-refractivity contribution is 6.13. The van der Waals surface area contributed by atoms with Gasteiger partial charge in [-0.3, -0.25) is 9.69 Å². The number of ether oxygens (including phenoxy) is 1. The third-order valence-electron chi connectivity index (χ3n) is 7.09. The Labute approximate surface area is 244 Å². The minimum absolute atomic E-state index is 0.211. The van der Waals surface area contributed by atoms with E-state index in [-0.39, 0.29) is 12.5 Å². The molecule has 5 rings (SSSR count). The van der Waals surface area contributed by atoms with Crippen LogP contribution < -0.4 is 15.1 Å². The van der Waals surface area contributed by atoms with Gasteiger partial charge >= 0.3 is 6.09 Å². The summed E-state index contributed by atoms with van der Waals surface area (Å²) >= 11 is 0. The zero-order valence-electron chi connectivity index (χ0n) is 23.8. The van der Waals surface area contributed by atoms with E-state index in [0.29, 0.717) is 46.6 Å². The van der Waals surface area contributed by atoms with Crippen LogP contribution in [0.25, 0.3) is 33.4 Å². The molecule has 1 aromatic heterocycles. The molecule has 0 aliphatic carbocycles. The first-order chi connectivity index (χ1) is 20.4. The molecule has 0 bridgehead atoms. The number of nitrogens with one attached hydrogen (secondary N) is 1. The van der Waals surface area contributed by atoms with Gasteiger partial charge in [-0.05, 0) is 55.0 Å². The summed E-state index contributed by atoms with van der Waals surface area (Å²) in [6.45, 7) is 2.83. The molecule has 0 aliphatic heterocycles. The molecule has 1 N–H and O–H groups in total. The van der Waals surface area contributed by atoms with Crippen LogP contribution >= 0.6 is 0 Å². The summed E-state index contributed by atoms with van der Waals surface area (Å²) in [4.78, 5) is 30.3. The third-order valence-corrected chi connectivity index (χ3v) is 7.09. The van der Waals surface area contributed by atoms with Gasteiger partial charge in [-0.2, -0.15) is 0 Å². The van der Waals surface area contributed by atoms with Crippen LogP contribution in [-0.2, 0) is 4.74 Å². The lowest BCUT2D eigenvalue weighted by atomic mass is 9.98. The fraction of sp³-hybridized carbons (Fsp3) is 0.176. The molecule has 0 spiro atoms. The summed E-state index contributed by atoms with van der Waals surface area (Å²) < 4.78 is 25.5. The number of fused-ring (bicyclic) bond motifs is 1. The van der Waals surface area contributed by atoms with Crippen LogP contribution in [0, 0.1) is 5.82 Å². The van der Waals surface area contributed by atoms with Crippen LogP contribution in [0.4, 0.5) is 20.6 Å². The first-order valence-electron chi connectivity index (χ1n) is 13.8. The molecule has 0 aliphatic rings. The van der Waals surface area contributed by atoms with E-state index in [4.69, 9.17) is 9.15 Å². The fourth-order valence-corrected chi connectivity index (χ4v) is 4.93. The Morgan fingerprint density at radius 1 is 0.881 bits per heavy atom. The monoisotopic (exact) mass is 565 g/mol. The van der Waals surface area contributed by atoms with E-state index < -0.39 is 11.9 Å². The number of hydrogen-bond acceptors (Lipinski definition) is 5. The molecule has 1 heterocycles. The molecule has 8 heteroatoms. The number of benzene rings is 4. The number of carbonyl (C=O) groups is 2. The van der Waals surface area contributed by atoms with E-state index in [1.54, 1.807) is 37.1 Å². The number of carbonyl (C=O) groups excluding carboxylic acids is 2. The molecule has 0 fully saturated rings. The van der Waals surface area contributed by atoms with Crippen LogP contribution in [0.15, 0.2) is 101 Å². The van der Waals surface area contributed by atoms with E-state index in [2.05, 4.69) is 10.2 Å². The molecule has 0 saturated heterocycles. The number of hydrogen-bond donors (Lipinski definition) is 1. The molecule has 42 heavy (non-hydrogen) atoms. The Hall–Kier alpha value is -5.11. The molecule has 4 aromatic carbocycles. The Morgan fingerprint density at radius 3 is 2.19 bits per heavy atom. The molecule has 0 radical (unpaired) electrons. The first kappa shape index (κ1) is 28.4. The van der Waals surface area contributed by atoms with Crippen molar-refractivity contribution in [2.75, 3.05) is 43.6 Å². The predicted molar refractivity (Wildman–Crippen MR) is 165 cm³/mol. The predicted octanol–water partition coefficient (Wildman–Crippen LogP) is 7.36. The molecule has 2 amide bonds. The maximum absolute atomic E-state index is 13.7. The van der Waals surface area contributed by atoms with Crippen molar-refractivity contribution >= 4 is 34.3 Å². The average Bonchev–Trinajstić information content (AvgIpc) is 3.40. The number of amides is 2. The van der Waals surface area contributed by atoms with Crippen molar-refractivity contribution in [1.29, 1.82) is 0 Å². The molecule has 5 aromatic rings. The highest BCUT2D eigenvalue weighted by Crippen LogP contribution is 2.41. The van der Waals surface area contributed by atoms with Crippen molar-refractivity contribution in [3.8, 4) is 22.5 Å². The Balaban J connectivity index is 1.69. The summed E-state index contributed by atoms with van der Waals surface area (Å²) in [7, 11) is 3.52. The van der Waals surface area contributed by atoms with Gasteiger partial charge in [0, 0.05) is 55.5 Å². The normalized spacial score (nSPS) is 10.9. The van der Waals surface area contributed by atoms with E-state index >= 15 is 0 Å². The molecular weight excluding hydrogens is 533 g/mol. The summed E-state index contributed by atoms with van der Waals surface area (Å²) in [6.07, 6.45) is -0.493. The lowest BCUT2D eigenvalue weighted by molar-refractivity contribution is 0.0964. The van der Waals surface area contributed by atoms with Gasteiger partial charge in [0.1, 0.15) is 17.2 Å². The van der Waals surface area contributed by atoms with Gasteiger partial charge in [-0.15, -0.1) is 0 Å². The van der Waals surface area contributed by atoms with Gasteiger partial charge in [-0.25, -0.2) is 9.18 Å². The summed E-state index contributed by atoms with van der Waals surface area (Å²) in [5.41, 5.74) is 4.48. The van der Waals surface area contributed by atoms with E-state index in [9.17, 15) is 14.0 Å². The van der Waals surface area contributed by atoms with E-state index in [1.165, 1.54) is 12.1 Å². The highest BCUT2D eigenvalue weighted by Gasteiger charge is 2.27. The van der Waals surface area contributed by atoms with E-state index in [0.717, 1.165) is 16.8 Å². The molecule has 7 nitrogen and oxygen atoms in total. The number of anilines is 2. The molecule has 214 valence electrons. The molecule has 0 atom stereocenters. The quantitative estimate of drug-likeness (QED) is 0.202. The van der Waals surface area contributed by atoms with Gasteiger partial charge in [0.05, 0.1) is 17.9 Å². The summed E-state index contributed by atoms with van der Waals surface area (Å²) in [6, 6.07) is 29.0. The minimum atomic E-state index is -0.493. The Bertz CT molecular complexity index is 1690. The average molecular weight is 566 g/mol. The SMILES string of the molecule is CCOC(=O)N(CCN(C)c1ccccc1)c1cc2oc(-c3ccc(F)cc3)c(C(=O)NC)c2cc1-c1ccccc1. The highest BCUT2D eigenvalue weighted by atomic mass is 19.1. The lowest BCUT2D eigenvalue weighted by Gasteiger charge is -2.28. The Morgan fingerprint density at radius 2 is 1.55 bits per heavy atom. The Kier molecular flexibility index (Phi) is 8.52. The van der Waals surface area contributed by atoms with Crippen molar-refractivity contribution in [3.63, 3.8) is 0 Å². The van der Waals surface area contributed by atoms with Crippen LogP contribution in [0.1, 0.15) is 17.3 Å². The molecular formula is C34H32FN3O4. The van der Waals surface area contributed by atoms with Crippen LogP contribution in [-0.4, -0.2) is 45.8 Å². The second-order valence-electron chi connectivity index (χ2n) is 9.73. The van der Waals surface area contributed by atoms with Crippen molar-refractivity contribution in [2.24, 2.45) is 0 Å². The number of para-hydroxylation sites is 1. The number of nitrogens with zero attached hydrogens (tertiary/aromatic N) is 2. The smallest absolute Gasteiger partial charge is 0.414 e. The van der Waals surface area contributed by atoms with Gasteiger partial charge in [0.2, 0.25) is 0 Å². The standard InChI is InChI=1S/C34H32FN3O4/c1-4-41-34(40)38(20-19-37(3)26-13-9-6-10-14-26)29-22-30-28(21-27(29)23-11-7-5-8-12-23)31(33(39)36-2)32(42-30)24-15-17-25(35)18-16-24/h5-18,21-22H,4,19-20H2,1-3H3,(H,36,39). The number of likely N-dealkylation sites (N-methyl/N-ethyl adjacent to an activating group) is 1. The number of furan rings is 1. The molecule has 0 saturated carbocycles. The van der Waals surface area contributed by atoms with Gasteiger partial charge in [-0.1, -0.05) is 48.5 Å². The topological polar surface area (TPSA) is 75.0 Å². The summed E-state index contributed by atoms with van der Waals surface area (Å²) in [5.74, 6) is -0.422. The second-order valence-corrected chi connectivity index (χ2v) is 9.73. The van der Waals surface area contributed by atoms with Crippen molar-refractivity contribution in [2.45, 2.75) is 6.92 Å². The van der Waals surface area contributed by atoms with Crippen LogP contribution in [0.5, 0.6) is 0 Å². The zero-order chi connectivity index (χ0) is 29.6. The summed E-state index contributed by atoms with van der Waals surface area (Å²) in [5, 5.41) is 3.27. The van der Waals surface area contributed by atoms with Crippen molar-refractivity contribution < 1.29 is 23.1 Å². The van der Waals surface area contributed by atoms with E-state index in [1.807, 2.05) is 73.8 Å². The van der Waals surface area contributed by atoms with Gasteiger partial charge in [0.15, 0.2) is 0 Å². The number of halogens is 1. The minimum Gasteiger partial charge on any atom is -0.455 e. The zero-order valence-corrected chi connectivity index (χ0v) is 23.8. The number of rotatable bonds is 9. The van der Waals surface area contributed by atoms with Crippen LogP contribution in [0.3, 0.4) is 0 Å². The maximum atomic E-state index is 13.7. The first-order valence-corrected chi connectivity index (χ1v) is 13.8. The maximum Gasteiger partial charge on any atom is 0.414 e. The molecule has 0 unspecified atom stereocenters. The van der Waals surface area contributed by atoms with Gasteiger partial charge in [0.25, 0.3) is 5.91 Å². The fourth-order valence-electron chi connectivity index (χ4n) is 4.93. The van der Waals surface area contributed by atoms with Crippen molar-refractivity contribution in [3.05, 3.63) is 108 Å². The van der Waals surface area contributed by atoms with Gasteiger partial charge < -0.3 is 19.4 Å². The largest absolute Gasteiger partial charge is 0.455 e. The second kappa shape index (κ2) is 12.6. The van der Waals surface area contributed by atoms with Crippen LogP contribution in [0.2, 0.25) is 0 Å². The van der Waals surface area contributed by atoms with Crippen molar-refractivity contribution in [1.82, 2.24) is 5.32 Å². The lowest BCUT2D eigenvalue weighted by Crippen LogP contribution is -2.38. The third kappa shape index (κ3) is 5.83.